The van der Waals surface area contributed by atoms with Crippen molar-refractivity contribution in [3.8, 4) is 0 Å². The van der Waals surface area contributed by atoms with Crippen LogP contribution >= 0.6 is 0 Å². The molecule has 2 saturated carbocycles. The van der Waals surface area contributed by atoms with E-state index < -0.39 is 0 Å². The molecule has 0 saturated heterocycles. The number of hydrogen-bond donors (Lipinski definition) is 1. The molecule has 0 aromatic rings. The van der Waals surface area contributed by atoms with E-state index in [2.05, 4.69) is 18.7 Å². The summed E-state index contributed by atoms with van der Waals surface area (Å²) in [5, 5.41) is 0. The lowest BCUT2D eigenvalue weighted by molar-refractivity contribution is -0.134. The van der Waals surface area contributed by atoms with Crippen LogP contribution in [0, 0.1) is 5.92 Å². The maximum Gasteiger partial charge on any atom is 0.224 e. The Kier molecular flexibility index (Phi) is 4.31. The van der Waals surface area contributed by atoms with E-state index in [1.807, 2.05) is 0 Å². The Hall–Kier alpha value is -0.570. The van der Waals surface area contributed by atoms with Gasteiger partial charge >= 0.3 is 0 Å². The minimum atomic E-state index is -0.216. The summed E-state index contributed by atoms with van der Waals surface area (Å²) in [5.74, 6) is 1.04. The first-order valence-corrected chi connectivity index (χ1v) is 7.58. The van der Waals surface area contributed by atoms with Crippen molar-refractivity contribution < 1.29 is 4.79 Å². The van der Waals surface area contributed by atoms with Gasteiger partial charge in [-0.05, 0) is 45.4 Å². The van der Waals surface area contributed by atoms with Crippen molar-refractivity contribution in [2.45, 2.75) is 76.8 Å². The van der Waals surface area contributed by atoms with Crippen LogP contribution in [0.5, 0.6) is 0 Å². The minimum Gasteiger partial charge on any atom is -0.340 e. The molecule has 18 heavy (non-hydrogen) atoms. The molecule has 2 N–H and O–H groups in total. The van der Waals surface area contributed by atoms with Gasteiger partial charge in [-0.3, -0.25) is 4.79 Å². The van der Waals surface area contributed by atoms with Gasteiger partial charge in [0.05, 0.1) is 0 Å². The van der Waals surface area contributed by atoms with Crippen molar-refractivity contribution in [1.82, 2.24) is 4.90 Å². The van der Waals surface area contributed by atoms with Gasteiger partial charge in [-0.1, -0.05) is 19.3 Å². The molecule has 2 fully saturated rings. The molecule has 2 aliphatic rings. The smallest absolute Gasteiger partial charge is 0.224 e. The molecule has 0 unspecified atom stereocenters. The quantitative estimate of drug-likeness (QED) is 0.817. The molecule has 2 rings (SSSR count). The third-order valence-corrected chi connectivity index (χ3v) is 4.45. The summed E-state index contributed by atoms with van der Waals surface area (Å²) >= 11 is 0. The summed E-state index contributed by atoms with van der Waals surface area (Å²) in [6.07, 6.45) is 8.85. The number of carbonyl (C=O) groups excluding carboxylic acids is 1. The highest BCUT2D eigenvalue weighted by Crippen LogP contribution is 2.32. The van der Waals surface area contributed by atoms with E-state index in [9.17, 15) is 4.79 Å². The summed E-state index contributed by atoms with van der Waals surface area (Å²) < 4.78 is 0. The molecule has 0 atom stereocenters. The second-order valence-corrected chi connectivity index (χ2v) is 6.68. The highest BCUT2D eigenvalue weighted by molar-refractivity contribution is 5.77. The average Bonchev–Trinajstić information content (AvgIpc) is 3.09. The summed E-state index contributed by atoms with van der Waals surface area (Å²) in [6, 6.07) is 0.310. The van der Waals surface area contributed by atoms with Gasteiger partial charge in [0.25, 0.3) is 0 Å². The first kappa shape index (κ1) is 13.9. The average molecular weight is 252 g/mol. The molecule has 0 heterocycles. The molecule has 104 valence electrons. The molecular weight excluding hydrogens is 224 g/mol. The monoisotopic (exact) mass is 252 g/mol. The van der Waals surface area contributed by atoms with Gasteiger partial charge in [-0.25, -0.2) is 0 Å². The molecule has 2 aliphatic carbocycles. The van der Waals surface area contributed by atoms with Crippen LogP contribution in [-0.4, -0.2) is 28.9 Å². The third-order valence-electron chi connectivity index (χ3n) is 4.45. The summed E-state index contributed by atoms with van der Waals surface area (Å²) in [6.45, 7) is 5.18. The topological polar surface area (TPSA) is 46.3 Å². The first-order valence-electron chi connectivity index (χ1n) is 7.58. The number of amides is 1. The SMILES string of the molecule is CC(C)N(CC1CC1)C(=O)CC1(N)CCCCC1. The zero-order valence-electron chi connectivity index (χ0n) is 12.0. The molecule has 3 heteroatoms. The van der Waals surface area contributed by atoms with E-state index >= 15 is 0 Å². The highest BCUT2D eigenvalue weighted by Gasteiger charge is 2.34. The van der Waals surface area contributed by atoms with Crippen molar-refractivity contribution in [3.05, 3.63) is 0 Å². The lowest BCUT2D eigenvalue weighted by atomic mass is 9.80. The van der Waals surface area contributed by atoms with Crippen molar-refractivity contribution >= 4 is 5.91 Å². The number of hydrogen-bond acceptors (Lipinski definition) is 2. The Morgan fingerprint density at radius 2 is 1.89 bits per heavy atom. The molecule has 0 aromatic carbocycles. The van der Waals surface area contributed by atoms with Crippen LogP contribution in [0.4, 0.5) is 0 Å². The van der Waals surface area contributed by atoms with Crippen LogP contribution in [0.1, 0.15) is 65.2 Å². The Bertz CT molecular complexity index is 291. The maximum atomic E-state index is 12.5. The van der Waals surface area contributed by atoms with Crippen LogP contribution in [0.25, 0.3) is 0 Å². The second-order valence-electron chi connectivity index (χ2n) is 6.68. The van der Waals surface area contributed by atoms with Crippen LogP contribution in [0.15, 0.2) is 0 Å². The van der Waals surface area contributed by atoms with Crippen molar-refractivity contribution in [3.63, 3.8) is 0 Å². The van der Waals surface area contributed by atoms with E-state index in [1.165, 1.54) is 32.1 Å². The van der Waals surface area contributed by atoms with E-state index in [1.54, 1.807) is 0 Å². The number of nitrogens with zero attached hydrogens (tertiary/aromatic N) is 1. The van der Waals surface area contributed by atoms with Crippen LogP contribution < -0.4 is 5.73 Å². The zero-order valence-corrected chi connectivity index (χ0v) is 12.0. The van der Waals surface area contributed by atoms with E-state index in [0.29, 0.717) is 12.5 Å². The summed E-state index contributed by atoms with van der Waals surface area (Å²) in [7, 11) is 0. The van der Waals surface area contributed by atoms with Crippen molar-refractivity contribution in [1.29, 1.82) is 0 Å². The van der Waals surface area contributed by atoms with Gasteiger partial charge in [0.1, 0.15) is 0 Å². The van der Waals surface area contributed by atoms with Gasteiger partial charge in [0.15, 0.2) is 0 Å². The second kappa shape index (κ2) is 5.60. The third kappa shape index (κ3) is 3.71. The Labute approximate surface area is 111 Å². The lowest BCUT2D eigenvalue weighted by Crippen LogP contribution is -2.48. The van der Waals surface area contributed by atoms with Gasteiger partial charge < -0.3 is 10.6 Å². The van der Waals surface area contributed by atoms with Gasteiger partial charge in [-0.15, -0.1) is 0 Å². The first-order chi connectivity index (χ1) is 8.50. The molecule has 3 nitrogen and oxygen atoms in total. The maximum absolute atomic E-state index is 12.5. The van der Waals surface area contributed by atoms with Crippen molar-refractivity contribution in [2.75, 3.05) is 6.54 Å². The van der Waals surface area contributed by atoms with Crippen LogP contribution in [0.3, 0.4) is 0 Å². The molecule has 0 radical (unpaired) electrons. The van der Waals surface area contributed by atoms with Crippen LogP contribution in [-0.2, 0) is 4.79 Å². The Morgan fingerprint density at radius 3 is 2.39 bits per heavy atom. The standard InChI is InChI=1S/C15H28N2O/c1-12(2)17(11-13-6-7-13)14(18)10-15(16)8-4-3-5-9-15/h12-13H,3-11,16H2,1-2H3. The van der Waals surface area contributed by atoms with Gasteiger partial charge in [0, 0.05) is 24.5 Å². The fourth-order valence-electron chi connectivity index (χ4n) is 3.01. The summed E-state index contributed by atoms with van der Waals surface area (Å²) in [5.41, 5.74) is 6.18. The van der Waals surface area contributed by atoms with E-state index in [4.69, 9.17) is 5.73 Å². The Balaban J connectivity index is 1.90. The Morgan fingerprint density at radius 1 is 1.28 bits per heavy atom. The van der Waals surface area contributed by atoms with Crippen molar-refractivity contribution in [2.24, 2.45) is 11.7 Å². The number of carbonyl (C=O) groups is 1. The molecule has 1 amide bonds. The van der Waals surface area contributed by atoms with Gasteiger partial charge in [-0.2, -0.15) is 0 Å². The van der Waals surface area contributed by atoms with Crippen LogP contribution in [0.2, 0.25) is 0 Å². The minimum absolute atomic E-state index is 0.216. The highest BCUT2D eigenvalue weighted by atomic mass is 16.2. The number of rotatable bonds is 5. The van der Waals surface area contributed by atoms with E-state index in [0.717, 1.165) is 25.3 Å². The molecule has 0 bridgehead atoms. The largest absolute Gasteiger partial charge is 0.340 e. The summed E-state index contributed by atoms with van der Waals surface area (Å²) in [4.78, 5) is 14.5. The lowest BCUT2D eigenvalue weighted by Gasteiger charge is -2.36. The molecule has 0 aliphatic heterocycles. The fraction of sp³-hybridized carbons (Fsp3) is 0.933. The normalized spacial score (nSPS) is 23.1. The van der Waals surface area contributed by atoms with E-state index in [-0.39, 0.29) is 11.4 Å². The number of nitrogens with two attached hydrogens (primary N) is 1. The fourth-order valence-corrected chi connectivity index (χ4v) is 3.01. The molecule has 0 aromatic heterocycles. The predicted molar refractivity (Wildman–Crippen MR) is 74.2 cm³/mol. The zero-order chi connectivity index (χ0) is 13.2. The van der Waals surface area contributed by atoms with Gasteiger partial charge in [0.2, 0.25) is 5.91 Å². The predicted octanol–water partition coefficient (Wildman–Crippen LogP) is 2.69. The molecular formula is C15H28N2O. The molecule has 0 spiro atoms.